The van der Waals surface area contributed by atoms with Gasteiger partial charge in [-0.25, -0.2) is 0 Å². The molecule has 1 unspecified atom stereocenters. The van der Waals surface area contributed by atoms with Gasteiger partial charge in [0.05, 0.1) is 3.79 Å². The second-order valence-electron chi connectivity index (χ2n) is 4.85. The van der Waals surface area contributed by atoms with E-state index in [1.807, 2.05) is 11.3 Å². The molecule has 0 bridgehead atoms. The van der Waals surface area contributed by atoms with E-state index in [1.165, 1.54) is 46.3 Å². The van der Waals surface area contributed by atoms with Crippen molar-refractivity contribution in [1.29, 1.82) is 0 Å². The minimum Gasteiger partial charge on any atom is -0.133 e. The molecule has 0 saturated heterocycles. The highest BCUT2D eigenvalue weighted by Gasteiger charge is 2.40. The number of hydrogen-bond donors (Lipinski definition) is 0. The maximum absolute atomic E-state index is 3.98. The summed E-state index contributed by atoms with van der Waals surface area (Å²) in [6, 6.07) is 2.30. The standard InChI is InChI=1S/C13H18Br2S/c1-3-13(6-4-5-7-13)12(15)10-8-11(14)16-9(10)2/h8,12H,3-7H2,1-2H3. The van der Waals surface area contributed by atoms with Crippen LogP contribution in [0.2, 0.25) is 0 Å². The first-order chi connectivity index (χ1) is 7.59. The number of hydrogen-bond acceptors (Lipinski definition) is 1. The van der Waals surface area contributed by atoms with Gasteiger partial charge in [-0.1, -0.05) is 35.7 Å². The van der Waals surface area contributed by atoms with Gasteiger partial charge in [-0.05, 0) is 59.2 Å². The number of rotatable bonds is 3. The fourth-order valence-corrected chi connectivity index (χ4v) is 6.06. The summed E-state index contributed by atoms with van der Waals surface area (Å²) in [5.41, 5.74) is 2.01. The number of alkyl halides is 1. The van der Waals surface area contributed by atoms with Crippen LogP contribution in [0.15, 0.2) is 9.85 Å². The van der Waals surface area contributed by atoms with Crippen LogP contribution in [0.5, 0.6) is 0 Å². The Bertz CT molecular complexity index is 364. The smallest absolute Gasteiger partial charge is 0.0704 e. The van der Waals surface area contributed by atoms with E-state index in [1.54, 1.807) is 0 Å². The van der Waals surface area contributed by atoms with E-state index >= 15 is 0 Å². The van der Waals surface area contributed by atoms with Crippen molar-refractivity contribution < 1.29 is 0 Å². The van der Waals surface area contributed by atoms with E-state index in [4.69, 9.17) is 0 Å². The molecule has 1 aromatic rings. The van der Waals surface area contributed by atoms with E-state index in [0.29, 0.717) is 10.2 Å². The first-order valence-corrected chi connectivity index (χ1v) is 8.51. The Morgan fingerprint density at radius 2 is 2.06 bits per heavy atom. The summed E-state index contributed by atoms with van der Waals surface area (Å²) >= 11 is 9.43. The van der Waals surface area contributed by atoms with Gasteiger partial charge in [0, 0.05) is 9.70 Å². The summed E-state index contributed by atoms with van der Waals surface area (Å²) in [5, 5.41) is 0. The molecule has 2 rings (SSSR count). The third-order valence-corrected chi connectivity index (χ3v) is 7.07. The lowest BCUT2D eigenvalue weighted by molar-refractivity contribution is 0.279. The van der Waals surface area contributed by atoms with Gasteiger partial charge in [0.15, 0.2) is 0 Å². The second-order valence-corrected chi connectivity index (χ2v) is 8.40. The third-order valence-electron chi connectivity index (χ3n) is 4.04. The highest BCUT2D eigenvalue weighted by Crippen LogP contribution is 2.55. The Balaban J connectivity index is 2.29. The Labute approximate surface area is 119 Å². The van der Waals surface area contributed by atoms with Crippen molar-refractivity contribution >= 4 is 43.2 Å². The van der Waals surface area contributed by atoms with Crippen LogP contribution in [0.25, 0.3) is 0 Å². The maximum atomic E-state index is 3.98. The van der Waals surface area contributed by atoms with Crippen molar-refractivity contribution in [2.75, 3.05) is 0 Å². The lowest BCUT2D eigenvalue weighted by Crippen LogP contribution is -2.21. The predicted octanol–water partition coefficient (Wildman–Crippen LogP) is 6.23. The molecule has 1 atom stereocenters. The lowest BCUT2D eigenvalue weighted by Gasteiger charge is -2.33. The van der Waals surface area contributed by atoms with Gasteiger partial charge in [0.25, 0.3) is 0 Å². The average molecular weight is 366 g/mol. The summed E-state index contributed by atoms with van der Waals surface area (Å²) < 4.78 is 1.26. The molecule has 16 heavy (non-hydrogen) atoms. The van der Waals surface area contributed by atoms with E-state index in [9.17, 15) is 0 Å². The highest BCUT2D eigenvalue weighted by molar-refractivity contribution is 9.11. The van der Waals surface area contributed by atoms with E-state index in [2.05, 4.69) is 51.8 Å². The molecule has 3 heteroatoms. The van der Waals surface area contributed by atoms with Crippen LogP contribution in [0.4, 0.5) is 0 Å². The fourth-order valence-electron chi connectivity index (χ4n) is 2.91. The average Bonchev–Trinajstić information content (AvgIpc) is 2.85. The van der Waals surface area contributed by atoms with Gasteiger partial charge in [-0.15, -0.1) is 11.3 Å². The minimum atomic E-state index is 0.505. The van der Waals surface area contributed by atoms with Crippen LogP contribution in [0.1, 0.15) is 54.3 Å². The monoisotopic (exact) mass is 364 g/mol. The molecule has 0 spiro atoms. The van der Waals surface area contributed by atoms with E-state index < -0.39 is 0 Å². The van der Waals surface area contributed by atoms with Crippen LogP contribution in [0, 0.1) is 12.3 Å². The summed E-state index contributed by atoms with van der Waals surface area (Å²) in [7, 11) is 0. The molecule has 1 aromatic heterocycles. The number of halogens is 2. The normalized spacial score (nSPS) is 21.2. The maximum Gasteiger partial charge on any atom is 0.0704 e. The molecule has 0 radical (unpaired) electrons. The molecule has 90 valence electrons. The Morgan fingerprint density at radius 1 is 1.44 bits per heavy atom. The van der Waals surface area contributed by atoms with Crippen molar-refractivity contribution in [3.05, 3.63) is 20.3 Å². The summed E-state index contributed by atoms with van der Waals surface area (Å²) in [4.78, 5) is 1.99. The zero-order valence-electron chi connectivity index (χ0n) is 9.85. The van der Waals surface area contributed by atoms with Crippen molar-refractivity contribution in [1.82, 2.24) is 0 Å². The molecule has 0 nitrogen and oxygen atoms in total. The molecule has 0 amide bonds. The minimum absolute atomic E-state index is 0.505. The molecule has 1 aliphatic rings. The van der Waals surface area contributed by atoms with Gasteiger partial charge in [-0.3, -0.25) is 0 Å². The largest absolute Gasteiger partial charge is 0.133 e. The lowest BCUT2D eigenvalue weighted by atomic mass is 9.78. The van der Waals surface area contributed by atoms with Gasteiger partial charge in [-0.2, -0.15) is 0 Å². The van der Waals surface area contributed by atoms with Crippen LogP contribution >= 0.6 is 43.2 Å². The van der Waals surface area contributed by atoms with Gasteiger partial charge >= 0.3 is 0 Å². The van der Waals surface area contributed by atoms with Gasteiger partial charge in [0.1, 0.15) is 0 Å². The SMILES string of the molecule is CCC1(C(Br)c2cc(Br)sc2C)CCCC1. The Hall–Kier alpha value is 0.660. The van der Waals surface area contributed by atoms with Crippen LogP contribution in [-0.4, -0.2) is 0 Å². The van der Waals surface area contributed by atoms with Gasteiger partial charge < -0.3 is 0 Å². The van der Waals surface area contributed by atoms with Crippen LogP contribution in [-0.2, 0) is 0 Å². The zero-order chi connectivity index (χ0) is 11.8. The second kappa shape index (κ2) is 5.11. The number of aryl methyl sites for hydroxylation is 1. The predicted molar refractivity (Wildman–Crippen MR) is 79.6 cm³/mol. The molecule has 0 aromatic carbocycles. The summed E-state index contributed by atoms with van der Waals surface area (Å²) in [6.07, 6.45) is 6.86. The van der Waals surface area contributed by atoms with Crippen LogP contribution < -0.4 is 0 Å². The van der Waals surface area contributed by atoms with Crippen LogP contribution in [0.3, 0.4) is 0 Å². The van der Waals surface area contributed by atoms with E-state index in [0.717, 1.165) is 0 Å². The van der Waals surface area contributed by atoms with E-state index in [-0.39, 0.29) is 0 Å². The summed E-state index contributed by atoms with van der Waals surface area (Å²) in [6.45, 7) is 4.58. The van der Waals surface area contributed by atoms with Crippen molar-refractivity contribution in [2.45, 2.75) is 50.8 Å². The first-order valence-electron chi connectivity index (χ1n) is 5.99. The Morgan fingerprint density at radius 3 is 2.50 bits per heavy atom. The van der Waals surface area contributed by atoms with Crippen molar-refractivity contribution in [2.24, 2.45) is 5.41 Å². The molecular weight excluding hydrogens is 348 g/mol. The molecule has 1 saturated carbocycles. The quantitative estimate of drug-likeness (QED) is 0.557. The Kier molecular flexibility index (Phi) is 4.19. The highest BCUT2D eigenvalue weighted by atomic mass is 79.9. The van der Waals surface area contributed by atoms with Gasteiger partial charge in [0.2, 0.25) is 0 Å². The fraction of sp³-hybridized carbons (Fsp3) is 0.692. The van der Waals surface area contributed by atoms with Crippen molar-refractivity contribution in [3.63, 3.8) is 0 Å². The molecule has 1 heterocycles. The molecule has 1 fully saturated rings. The summed E-state index contributed by atoms with van der Waals surface area (Å²) in [5.74, 6) is 0. The molecule has 1 aliphatic carbocycles. The first kappa shape index (κ1) is 13.1. The molecule has 0 N–H and O–H groups in total. The number of thiophene rings is 1. The molecular formula is C13H18Br2S. The third kappa shape index (κ3) is 2.28. The molecule has 0 aliphatic heterocycles. The zero-order valence-corrected chi connectivity index (χ0v) is 13.8. The van der Waals surface area contributed by atoms with Crippen molar-refractivity contribution in [3.8, 4) is 0 Å². The topological polar surface area (TPSA) is 0 Å².